The summed E-state index contributed by atoms with van der Waals surface area (Å²) in [4.78, 5) is 10.3. The van der Waals surface area contributed by atoms with Crippen molar-refractivity contribution in [3.05, 3.63) is 68.7 Å². The van der Waals surface area contributed by atoms with Gasteiger partial charge in [0.1, 0.15) is 0 Å². The molecule has 2 aromatic rings. The van der Waals surface area contributed by atoms with E-state index in [1.807, 2.05) is 30.3 Å². The number of sulfonamides is 1. The third-order valence-electron chi connectivity index (χ3n) is 3.99. The van der Waals surface area contributed by atoms with Crippen LogP contribution in [0.4, 0.5) is 5.69 Å². The van der Waals surface area contributed by atoms with E-state index in [9.17, 15) is 18.5 Å². The van der Waals surface area contributed by atoms with Crippen LogP contribution < -0.4 is 0 Å². The summed E-state index contributed by atoms with van der Waals surface area (Å²) in [7, 11) is -2.50. The third-order valence-corrected chi connectivity index (χ3v) is 6.29. The van der Waals surface area contributed by atoms with Crippen molar-refractivity contribution in [2.75, 3.05) is 7.05 Å². The molecule has 0 amide bonds. The highest BCUT2D eigenvalue weighted by molar-refractivity contribution is 7.89. The quantitative estimate of drug-likeness (QED) is 0.591. The average Bonchev–Trinajstić information content (AvgIpc) is 2.56. The Balaban J connectivity index is 2.49. The number of nitro benzene ring substituents is 1. The number of rotatable bonds is 5. The molecule has 1 unspecified atom stereocenters. The van der Waals surface area contributed by atoms with E-state index in [0.717, 1.165) is 11.6 Å². The van der Waals surface area contributed by atoms with Gasteiger partial charge >= 0.3 is 0 Å². The van der Waals surface area contributed by atoms with Crippen molar-refractivity contribution >= 4 is 27.3 Å². The van der Waals surface area contributed by atoms with Crippen molar-refractivity contribution in [3.63, 3.8) is 0 Å². The molecule has 128 valence electrons. The first-order valence-electron chi connectivity index (χ1n) is 7.13. The second kappa shape index (κ2) is 6.88. The van der Waals surface area contributed by atoms with Gasteiger partial charge in [0.2, 0.25) is 10.0 Å². The molecule has 24 heavy (non-hydrogen) atoms. The molecule has 1 atom stereocenters. The number of nitro groups is 1. The Morgan fingerprint density at radius 2 is 1.79 bits per heavy atom. The molecule has 0 heterocycles. The Kier molecular flexibility index (Phi) is 5.27. The summed E-state index contributed by atoms with van der Waals surface area (Å²) >= 11 is 5.98. The van der Waals surface area contributed by atoms with Gasteiger partial charge in [-0.05, 0) is 25.5 Å². The summed E-state index contributed by atoms with van der Waals surface area (Å²) in [6, 6.07) is 11.0. The zero-order chi connectivity index (χ0) is 18.1. The molecular formula is C16H17ClN2O4S. The summed E-state index contributed by atoms with van der Waals surface area (Å²) in [5, 5.41) is 11.2. The van der Waals surface area contributed by atoms with Crippen LogP contribution >= 0.6 is 11.6 Å². The SMILES string of the molecule is Cc1c(Cl)cc(S(=O)(=O)N(C)C(C)c2ccccc2)cc1[N+](=O)[O-]. The first kappa shape index (κ1) is 18.4. The highest BCUT2D eigenvalue weighted by atomic mass is 35.5. The van der Waals surface area contributed by atoms with E-state index in [2.05, 4.69) is 0 Å². The maximum atomic E-state index is 12.8. The fraction of sp³-hybridized carbons (Fsp3) is 0.250. The fourth-order valence-corrected chi connectivity index (χ4v) is 3.97. The van der Waals surface area contributed by atoms with Gasteiger partial charge in [0, 0.05) is 24.7 Å². The van der Waals surface area contributed by atoms with Crippen molar-refractivity contribution in [3.8, 4) is 0 Å². The lowest BCUT2D eigenvalue weighted by atomic mass is 10.1. The minimum atomic E-state index is -3.94. The largest absolute Gasteiger partial charge is 0.275 e. The van der Waals surface area contributed by atoms with Crippen LogP contribution in [-0.4, -0.2) is 24.7 Å². The van der Waals surface area contributed by atoms with Gasteiger partial charge in [-0.15, -0.1) is 0 Å². The molecule has 0 spiro atoms. The van der Waals surface area contributed by atoms with Crippen LogP contribution in [0.15, 0.2) is 47.4 Å². The number of hydrogen-bond donors (Lipinski definition) is 0. The maximum Gasteiger partial charge on any atom is 0.275 e. The second-order valence-corrected chi connectivity index (χ2v) is 7.82. The first-order chi connectivity index (χ1) is 11.2. The van der Waals surface area contributed by atoms with E-state index in [-0.39, 0.29) is 21.2 Å². The van der Waals surface area contributed by atoms with Crippen LogP contribution in [0.3, 0.4) is 0 Å². The van der Waals surface area contributed by atoms with Crippen molar-refractivity contribution in [1.82, 2.24) is 4.31 Å². The third kappa shape index (κ3) is 3.43. The van der Waals surface area contributed by atoms with Gasteiger partial charge in [-0.25, -0.2) is 8.42 Å². The molecule has 2 rings (SSSR count). The molecule has 0 N–H and O–H groups in total. The molecule has 0 aliphatic rings. The molecule has 0 aromatic heterocycles. The van der Waals surface area contributed by atoms with Crippen molar-refractivity contribution in [2.45, 2.75) is 24.8 Å². The highest BCUT2D eigenvalue weighted by Gasteiger charge is 2.29. The predicted molar refractivity (Wildman–Crippen MR) is 92.6 cm³/mol. The standard InChI is InChI=1S/C16H17ClN2O4S/c1-11-15(17)9-14(10-16(11)19(20)21)24(22,23)18(3)12(2)13-7-5-4-6-8-13/h4-10,12H,1-3H3. The van der Waals surface area contributed by atoms with E-state index >= 15 is 0 Å². The van der Waals surface area contributed by atoms with E-state index in [0.29, 0.717) is 0 Å². The number of halogens is 1. The molecule has 0 fully saturated rings. The van der Waals surface area contributed by atoms with Crippen LogP contribution in [0.5, 0.6) is 0 Å². The smallest absolute Gasteiger partial charge is 0.258 e. The van der Waals surface area contributed by atoms with Gasteiger partial charge < -0.3 is 0 Å². The minimum Gasteiger partial charge on any atom is -0.258 e. The summed E-state index contributed by atoms with van der Waals surface area (Å²) in [5.74, 6) is 0. The van der Waals surface area contributed by atoms with Gasteiger partial charge in [0.15, 0.2) is 0 Å². The van der Waals surface area contributed by atoms with Gasteiger partial charge in [-0.1, -0.05) is 41.9 Å². The maximum absolute atomic E-state index is 12.8. The van der Waals surface area contributed by atoms with Crippen LogP contribution in [-0.2, 0) is 10.0 Å². The Morgan fingerprint density at radius 1 is 1.21 bits per heavy atom. The van der Waals surface area contributed by atoms with Crippen molar-refractivity contribution in [1.29, 1.82) is 0 Å². The van der Waals surface area contributed by atoms with Crippen LogP contribution in [0, 0.1) is 17.0 Å². The van der Waals surface area contributed by atoms with Gasteiger partial charge in [0.05, 0.1) is 14.8 Å². The average molecular weight is 369 g/mol. The summed E-state index contributed by atoms with van der Waals surface area (Å²) in [6.07, 6.45) is 0. The molecule has 0 aliphatic heterocycles. The lowest BCUT2D eigenvalue weighted by molar-refractivity contribution is -0.385. The van der Waals surface area contributed by atoms with Gasteiger partial charge in [-0.2, -0.15) is 4.31 Å². The van der Waals surface area contributed by atoms with Crippen LogP contribution in [0.25, 0.3) is 0 Å². The Hall–Kier alpha value is -1.96. The van der Waals surface area contributed by atoms with Gasteiger partial charge in [-0.3, -0.25) is 10.1 Å². The monoisotopic (exact) mass is 368 g/mol. The zero-order valence-electron chi connectivity index (χ0n) is 13.4. The molecule has 0 aliphatic carbocycles. The number of nitrogens with zero attached hydrogens (tertiary/aromatic N) is 2. The van der Waals surface area contributed by atoms with Gasteiger partial charge in [0.25, 0.3) is 5.69 Å². The Labute approximate surface area is 145 Å². The van der Waals surface area contributed by atoms with Crippen LogP contribution in [0.2, 0.25) is 5.02 Å². The normalized spacial score (nSPS) is 13.0. The molecule has 8 heteroatoms. The second-order valence-electron chi connectivity index (χ2n) is 5.41. The van der Waals surface area contributed by atoms with Crippen LogP contribution in [0.1, 0.15) is 24.1 Å². The zero-order valence-corrected chi connectivity index (χ0v) is 15.0. The summed E-state index contributed by atoms with van der Waals surface area (Å²) < 4.78 is 26.8. The van der Waals surface area contributed by atoms with E-state index in [1.165, 1.54) is 24.3 Å². The topological polar surface area (TPSA) is 80.5 Å². The Morgan fingerprint density at radius 3 is 2.33 bits per heavy atom. The Bertz CT molecular complexity index is 869. The highest BCUT2D eigenvalue weighted by Crippen LogP contribution is 2.32. The summed E-state index contributed by atoms with van der Waals surface area (Å²) in [6.45, 7) is 3.23. The molecular weight excluding hydrogens is 352 g/mol. The van der Waals surface area contributed by atoms with Crippen molar-refractivity contribution < 1.29 is 13.3 Å². The molecule has 6 nitrogen and oxygen atoms in total. The van der Waals surface area contributed by atoms with E-state index < -0.39 is 21.0 Å². The van der Waals surface area contributed by atoms with E-state index in [1.54, 1.807) is 6.92 Å². The lowest BCUT2D eigenvalue weighted by Gasteiger charge is -2.24. The molecule has 0 bridgehead atoms. The molecule has 2 aromatic carbocycles. The van der Waals surface area contributed by atoms with Crippen molar-refractivity contribution in [2.24, 2.45) is 0 Å². The first-order valence-corrected chi connectivity index (χ1v) is 8.95. The lowest BCUT2D eigenvalue weighted by Crippen LogP contribution is -2.30. The number of hydrogen-bond acceptors (Lipinski definition) is 4. The van der Waals surface area contributed by atoms with E-state index in [4.69, 9.17) is 11.6 Å². The number of benzene rings is 2. The fourth-order valence-electron chi connectivity index (χ4n) is 2.29. The summed E-state index contributed by atoms with van der Waals surface area (Å²) in [5.41, 5.74) is 0.734. The molecule has 0 saturated carbocycles. The molecule has 0 saturated heterocycles. The minimum absolute atomic E-state index is 0.0449. The molecule has 0 radical (unpaired) electrons. The predicted octanol–water partition coefficient (Wildman–Crippen LogP) is 3.94.